The number of carbonyl (C=O) groups is 1. The molecule has 0 aromatic carbocycles. The number of nitrogens with zero attached hydrogens (tertiary/aromatic N) is 3. The number of piperidine rings is 1. The van der Waals surface area contributed by atoms with Crippen LogP contribution >= 0.6 is 0 Å². The van der Waals surface area contributed by atoms with Crippen molar-refractivity contribution in [1.82, 2.24) is 14.5 Å². The first-order valence-corrected chi connectivity index (χ1v) is 7.63. The summed E-state index contributed by atoms with van der Waals surface area (Å²) in [4.78, 5) is 38.0. The van der Waals surface area contributed by atoms with Crippen LogP contribution in [0.4, 0.5) is 5.82 Å². The molecule has 0 radical (unpaired) electrons. The highest BCUT2D eigenvalue weighted by molar-refractivity contribution is 5.79. The van der Waals surface area contributed by atoms with Crippen LogP contribution in [0.3, 0.4) is 0 Å². The highest BCUT2D eigenvalue weighted by atomic mass is 16.2. The van der Waals surface area contributed by atoms with Crippen LogP contribution in [0, 0.1) is 5.92 Å². The lowest BCUT2D eigenvalue weighted by Crippen LogP contribution is -2.47. The van der Waals surface area contributed by atoms with E-state index >= 15 is 0 Å². The van der Waals surface area contributed by atoms with Crippen LogP contribution in [-0.2, 0) is 18.9 Å². The summed E-state index contributed by atoms with van der Waals surface area (Å²) in [5.74, 6) is 0.499. The number of amides is 1. The van der Waals surface area contributed by atoms with Gasteiger partial charge in [0, 0.05) is 39.3 Å². The lowest BCUT2D eigenvalue weighted by Gasteiger charge is -2.34. The van der Waals surface area contributed by atoms with Gasteiger partial charge in [0.2, 0.25) is 5.91 Å². The molecule has 2 heterocycles. The molecule has 1 aliphatic heterocycles. The Balaban J connectivity index is 2.25. The monoisotopic (exact) mass is 308 g/mol. The molecule has 0 bridgehead atoms. The quantitative estimate of drug-likeness (QED) is 0.841. The SMILES string of the molecule is CC(C)NC(=O)[C@H]1CCCN(c2cc(=O)n(C)c(=O)n2C)C1. The van der Waals surface area contributed by atoms with Crippen molar-refractivity contribution in [3.63, 3.8) is 0 Å². The molecule has 1 saturated heterocycles. The first-order valence-electron chi connectivity index (χ1n) is 7.63. The van der Waals surface area contributed by atoms with Crippen LogP contribution in [0.1, 0.15) is 26.7 Å². The maximum absolute atomic E-state index is 12.2. The van der Waals surface area contributed by atoms with Crippen molar-refractivity contribution in [1.29, 1.82) is 0 Å². The highest BCUT2D eigenvalue weighted by Gasteiger charge is 2.27. The number of hydrogen-bond acceptors (Lipinski definition) is 4. The molecule has 2 rings (SSSR count). The number of hydrogen-bond donors (Lipinski definition) is 1. The van der Waals surface area contributed by atoms with Crippen LogP contribution < -0.4 is 21.5 Å². The molecule has 0 unspecified atom stereocenters. The maximum Gasteiger partial charge on any atom is 0.332 e. The topological polar surface area (TPSA) is 76.3 Å². The number of rotatable bonds is 3. The zero-order valence-electron chi connectivity index (χ0n) is 13.6. The van der Waals surface area contributed by atoms with E-state index in [1.54, 1.807) is 7.05 Å². The van der Waals surface area contributed by atoms with E-state index in [2.05, 4.69) is 5.32 Å². The van der Waals surface area contributed by atoms with E-state index in [9.17, 15) is 14.4 Å². The first-order chi connectivity index (χ1) is 10.3. The van der Waals surface area contributed by atoms with Gasteiger partial charge in [-0.15, -0.1) is 0 Å². The molecule has 1 aromatic heterocycles. The minimum atomic E-state index is -0.351. The van der Waals surface area contributed by atoms with Gasteiger partial charge < -0.3 is 10.2 Å². The molecule has 0 saturated carbocycles. The van der Waals surface area contributed by atoms with E-state index < -0.39 is 0 Å². The Hall–Kier alpha value is -2.05. The van der Waals surface area contributed by atoms with Gasteiger partial charge in [-0.3, -0.25) is 18.7 Å². The maximum atomic E-state index is 12.2. The standard InChI is InChI=1S/C15H24N4O3/c1-10(2)16-14(21)11-6-5-7-19(9-11)12-8-13(20)18(4)15(22)17(12)3/h8,10-11H,5-7,9H2,1-4H3,(H,16,21)/t11-/m0/s1. The van der Waals surface area contributed by atoms with Crippen molar-refractivity contribution in [3.05, 3.63) is 26.9 Å². The fraction of sp³-hybridized carbons (Fsp3) is 0.667. The normalized spacial score (nSPS) is 18.6. The van der Waals surface area contributed by atoms with Crippen LogP contribution in [-0.4, -0.2) is 34.2 Å². The van der Waals surface area contributed by atoms with Gasteiger partial charge in [0.25, 0.3) is 5.56 Å². The van der Waals surface area contributed by atoms with Crippen LogP contribution in [0.25, 0.3) is 0 Å². The summed E-state index contributed by atoms with van der Waals surface area (Å²) in [6.45, 7) is 5.14. The van der Waals surface area contributed by atoms with E-state index in [-0.39, 0.29) is 29.1 Å². The lowest BCUT2D eigenvalue weighted by atomic mass is 9.97. The Labute approximate surface area is 129 Å². The van der Waals surface area contributed by atoms with Gasteiger partial charge in [-0.1, -0.05) is 0 Å². The molecule has 22 heavy (non-hydrogen) atoms. The molecule has 0 aliphatic carbocycles. The summed E-state index contributed by atoms with van der Waals surface area (Å²) < 4.78 is 2.54. The van der Waals surface area contributed by atoms with Gasteiger partial charge >= 0.3 is 5.69 Å². The fourth-order valence-corrected chi connectivity index (χ4v) is 2.83. The summed E-state index contributed by atoms with van der Waals surface area (Å²) in [7, 11) is 3.11. The number of aromatic nitrogens is 2. The summed E-state index contributed by atoms with van der Waals surface area (Å²) >= 11 is 0. The smallest absolute Gasteiger partial charge is 0.332 e. The second-order valence-corrected chi connectivity index (χ2v) is 6.19. The van der Waals surface area contributed by atoms with Crippen molar-refractivity contribution < 1.29 is 4.79 Å². The van der Waals surface area contributed by atoms with E-state index in [0.717, 1.165) is 24.0 Å². The zero-order valence-corrected chi connectivity index (χ0v) is 13.6. The van der Waals surface area contributed by atoms with Crippen LogP contribution in [0.5, 0.6) is 0 Å². The third-order valence-corrected chi connectivity index (χ3v) is 4.05. The third-order valence-electron chi connectivity index (χ3n) is 4.05. The van der Waals surface area contributed by atoms with Crippen molar-refractivity contribution in [3.8, 4) is 0 Å². The molecule has 1 amide bonds. The van der Waals surface area contributed by atoms with Crippen molar-refractivity contribution in [2.45, 2.75) is 32.7 Å². The van der Waals surface area contributed by atoms with Crippen LogP contribution in [0.2, 0.25) is 0 Å². The van der Waals surface area contributed by atoms with E-state index in [1.807, 2.05) is 18.7 Å². The van der Waals surface area contributed by atoms with E-state index in [1.165, 1.54) is 17.7 Å². The summed E-state index contributed by atoms with van der Waals surface area (Å²) in [5.41, 5.74) is -0.678. The largest absolute Gasteiger partial charge is 0.357 e. The molecule has 1 aliphatic rings. The molecular weight excluding hydrogens is 284 g/mol. The average molecular weight is 308 g/mol. The molecule has 1 N–H and O–H groups in total. The van der Waals surface area contributed by atoms with Gasteiger partial charge in [0.05, 0.1) is 5.92 Å². The predicted molar refractivity (Wildman–Crippen MR) is 85.1 cm³/mol. The Morgan fingerprint density at radius 3 is 2.59 bits per heavy atom. The summed E-state index contributed by atoms with van der Waals surface area (Å²) in [6, 6.07) is 1.57. The molecular formula is C15H24N4O3. The molecule has 7 heteroatoms. The van der Waals surface area contributed by atoms with Crippen molar-refractivity contribution in [2.75, 3.05) is 18.0 Å². The number of nitrogens with one attached hydrogen (secondary N) is 1. The number of anilines is 1. The van der Waals surface area contributed by atoms with E-state index in [4.69, 9.17) is 0 Å². The number of carbonyl (C=O) groups excluding carboxylic acids is 1. The molecule has 122 valence electrons. The second kappa shape index (κ2) is 6.37. The third kappa shape index (κ3) is 3.23. The minimum absolute atomic E-state index is 0.0357. The Morgan fingerprint density at radius 2 is 1.95 bits per heavy atom. The minimum Gasteiger partial charge on any atom is -0.357 e. The molecule has 7 nitrogen and oxygen atoms in total. The summed E-state index contributed by atoms with van der Waals surface area (Å²) in [5, 5.41) is 2.93. The average Bonchev–Trinajstić information content (AvgIpc) is 2.48. The van der Waals surface area contributed by atoms with Gasteiger partial charge in [0.1, 0.15) is 5.82 Å². The Bertz CT molecular complexity index is 674. The first kappa shape index (κ1) is 16.3. The predicted octanol–water partition coefficient (Wildman–Crippen LogP) is -0.175. The Kier molecular flexibility index (Phi) is 4.73. The van der Waals surface area contributed by atoms with Crippen LogP contribution in [0.15, 0.2) is 15.7 Å². The molecule has 0 spiro atoms. The second-order valence-electron chi connectivity index (χ2n) is 6.19. The van der Waals surface area contributed by atoms with E-state index in [0.29, 0.717) is 12.4 Å². The van der Waals surface area contributed by atoms with Crippen molar-refractivity contribution in [2.24, 2.45) is 20.0 Å². The highest BCUT2D eigenvalue weighted by Crippen LogP contribution is 2.21. The lowest BCUT2D eigenvalue weighted by molar-refractivity contribution is -0.125. The Morgan fingerprint density at radius 1 is 1.27 bits per heavy atom. The molecule has 1 fully saturated rings. The zero-order chi connectivity index (χ0) is 16.4. The fourth-order valence-electron chi connectivity index (χ4n) is 2.83. The summed E-state index contributed by atoms with van der Waals surface area (Å²) in [6.07, 6.45) is 1.69. The van der Waals surface area contributed by atoms with Gasteiger partial charge in [0.15, 0.2) is 0 Å². The van der Waals surface area contributed by atoms with Gasteiger partial charge in [-0.2, -0.15) is 0 Å². The van der Waals surface area contributed by atoms with Crippen molar-refractivity contribution >= 4 is 11.7 Å². The molecule has 1 atom stereocenters. The molecule has 1 aromatic rings. The van der Waals surface area contributed by atoms with Gasteiger partial charge in [-0.25, -0.2) is 4.79 Å². The van der Waals surface area contributed by atoms with Gasteiger partial charge in [-0.05, 0) is 26.7 Å².